The number of imidazole rings is 1. The number of rotatable bonds is 2. The molecule has 2 aromatic heterocycles. The summed E-state index contributed by atoms with van der Waals surface area (Å²) < 4.78 is 2.33. The van der Waals surface area contributed by atoms with Gasteiger partial charge in [0.1, 0.15) is 5.65 Å². The van der Waals surface area contributed by atoms with E-state index in [1.165, 1.54) is 56.8 Å². The minimum atomic E-state index is 1.02. The molecule has 0 bridgehead atoms. The van der Waals surface area contributed by atoms with Crippen LogP contribution in [0.2, 0.25) is 0 Å². The molecule has 32 heavy (non-hydrogen) atoms. The van der Waals surface area contributed by atoms with Gasteiger partial charge in [-0.25, -0.2) is 4.98 Å². The molecule has 0 saturated carbocycles. The third kappa shape index (κ3) is 4.27. The van der Waals surface area contributed by atoms with Gasteiger partial charge in [0, 0.05) is 16.3 Å². The van der Waals surface area contributed by atoms with Crippen molar-refractivity contribution >= 4 is 27.3 Å². The molecule has 2 heterocycles. The lowest BCUT2D eigenvalue weighted by Gasteiger charge is -2.14. The molecular weight excluding hydrogens is 388 g/mol. The van der Waals surface area contributed by atoms with Crippen LogP contribution in [0, 0.1) is 20.8 Å². The SMILES string of the molecule is CC.CCCC.Cc1ccc2c(c1)c1ccccc1c1ncc(-c3c(C)cccc3C)n21. The molecule has 5 aromatic rings. The lowest BCUT2D eigenvalue weighted by atomic mass is 9.99. The van der Waals surface area contributed by atoms with Gasteiger partial charge in [0.15, 0.2) is 0 Å². The van der Waals surface area contributed by atoms with Crippen LogP contribution in [-0.4, -0.2) is 9.38 Å². The predicted molar refractivity (Wildman–Crippen MR) is 142 cm³/mol. The molecule has 2 nitrogen and oxygen atoms in total. The summed E-state index contributed by atoms with van der Waals surface area (Å²) in [5.74, 6) is 0. The van der Waals surface area contributed by atoms with Gasteiger partial charge in [-0.1, -0.05) is 94.6 Å². The zero-order valence-corrected chi connectivity index (χ0v) is 20.7. The van der Waals surface area contributed by atoms with E-state index in [2.05, 4.69) is 99.7 Å². The average molecular weight is 425 g/mol. The van der Waals surface area contributed by atoms with Gasteiger partial charge in [0.05, 0.1) is 17.4 Å². The lowest BCUT2D eigenvalue weighted by molar-refractivity contribution is 0.886. The van der Waals surface area contributed by atoms with Crippen molar-refractivity contribution < 1.29 is 0 Å². The van der Waals surface area contributed by atoms with Crippen molar-refractivity contribution in [3.8, 4) is 11.3 Å². The molecule has 0 spiro atoms. The largest absolute Gasteiger partial charge is 0.292 e. The van der Waals surface area contributed by atoms with E-state index in [0.717, 1.165) is 11.3 Å². The summed E-state index contributed by atoms with van der Waals surface area (Å²) in [5, 5.41) is 3.74. The lowest BCUT2D eigenvalue weighted by Crippen LogP contribution is -1.96. The van der Waals surface area contributed by atoms with E-state index in [1.54, 1.807) is 0 Å². The predicted octanol–water partition coefficient (Wildman–Crippen LogP) is 9.07. The Kier molecular flexibility index (Phi) is 7.69. The van der Waals surface area contributed by atoms with Gasteiger partial charge in [-0.3, -0.25) is 4.40 Å². The minimum absolute atomic E-state index is 1.02. The number of pyridine rings is 1. The van der Waals surface area contributed by atoms with E-state index in [4.69, 9.17) is 4.98 Å². The van der Waals surface area contributed by atoms with Gasteiger partial charge in [0.25, 0.3) is 0 Å². The number of nitrogens with zero attached hydrogens (tertiary/aromatic N) is 2. The number of fused-ring (bicyclic) bond motifs is 6. The number of aryl methyl sites for hydroxylation is 3. The smallest absolute Gasteiger partial charge is 0.145 e. The highest BCUT2D eigenvalue weighted by Gasteiger charge is 2.16. The monoisotopic (exact) mass is 424 g/mol. The van der Waals surface area contributed by atoms with Crippen LogP contribution in [0.1, 0.15) is 57.2 Å². The van der Waals surface area contributed by atoms with E-state index < -0.39 is 0 Å². The fourth-order valence-electron chi connectivity index (χ4n) is 4.15. The maximum atomic E-state index is 4.84. The number of aromatic nitrogens is 2. The zero-order valence-electron chi connectivity index (χ0n) is 20.7. The molecule has 0 fully saturated rings. The van der Waals surface area contributed by atoms with Crippen LogP contribution in [0.15, 0.2) is 66.9 Å². The first-order valence-corrected chi connectivity index (χ1v) is 11.9. The fourth-order valence-corrected chi connectivity index (χ4v) is 4.15. The summed E-state index contributed by atoms with van der Waals surface area (Å²) >= 11 is 0. The highest BCUT2D eigenvalue weighted by molar-refractivity contribution is 6.12. The molecule has 5 rings (SSSR count). The van der Waals surface area contributed by atoms with Crippen LogP contribution in [0.5, 0.6) is 0 Å². The number of benzene rings is 3. The van der Waals surface area contributed by atoms with Crippen LogP contribution in [-0.2, 0) is 0 Å². The molecule has 0 N–H and O–H groups in total. The first kappa shape index (κ1) is 23.5. The Morgan fingerprint density at radius 3 is 1.97 bits per heavy atom. The van der Waals surface area contributed by atoms with Gasteiger partial charge >= 0.3 is 0 Å². The second-order valence-corrected chi connectivity index (χ2v) is 8.14. The molecule has 0 amide bonds. The Morgan fingerprint density at radius 2 is 1.34 bits per heavy atom. The summed E-state index contributed by atoms with van der Waals surface area (Å²) in [7, 11) is 0. The van der Waals surface area contributed by atoms with Crippen molar-refractivity contribution in [3.63, 3.8) is 0 Å². The molecule has 0 aliphatic rings. The summed E-state index contributed by atoms with van der Waals surface area (Å²) in [6, 6.07) is 21.7. The van der Waals surface area contributed by atoms with E-state index in [0.29, 0.717) is 0 Å². The van der Waals surface area contributed by atoms with E-state index >= 15 is 0 Å². The van der Waals surface area contributed by atoms with Crippen LogP contribution in [0.3, 0.4) is 0 Å². The number of hydrogen-bond acceptors (Lipinski definition) is 1. The zero-order chi connectivity index (χ0) is 23.3. The Labute approximate surface area is 192 Å². The number of unbranched alkanes of at least 4 members (excludes halogenated alkanes) is 1. The highest BCUT2D eigenvalue weighted by Crippen LogP contribution is 2.35. The summed E-state index contributed by atoms with van der Waals surface area (Å²) in [4.78, 5) is 4.84. The average Bonchev–Trinajstić information content (AvgIpc) is 3.25. The Bertz CT molecular complexity index is 1320. The first-order chi connectivity index (χ1) is 15.6. The van der Waals surface area contributed by atoms with Crippen molar-refractivity contribution in [2.45, 2.75) is 61.3 Å². The van der Waals surface area contributed by atoms with E-state index in [9.17, 15) is 0 Å². The third-order valence-corrected chi connectivity index (χ3v) is 5.85. The van der Waals surface area contributed by atoms with Crippen LogP contribution in [0.25, 0.3) is 38.6 Å². The molecule has 0 aliphatic carbocycles. The van der Waals surface area contributed by atoms with Crippen molar-refractivity contribution in [2.24, 2.45) is 0 Å². The van der Waals surface area contributed by atoms with Crippen molar-refractivity contribution in [1.82, 2.24) is 9.38 Å². The van der Waals surface area contributed by atoms with Crippen LogP contribution < -0.4 is 0 Å². The van der Waals surface area contributed by atoms with Crippen molar-refractivity contribution in [2.75, 3.05) is 0 Å². The van der Waals surface area contributed by atoms with Crippen molar-refractivity contribution in [3.05, 3.63) is 83.6 Å². The number of hydrogen-bond donors (Lipinski definition) is 0. The molecule has 0 aliphatic heterocycles. The summed E-state index contributed by atoms with van der Waals surface area (Å²) in [5.41, 5.74) is 8.50. The van der Waals surface area contributed by atoms with Gasteiger partial charge < -0.3 is 0 Å². The molecule has 3 aromatic carbocycles. The standard InChI is InChI=1S/C24H20N2.C4H10.C2H6/c1-15-11-12-21-20(13-15)18-9-4-5-10-19(18)24-25-14-22(26(21)24)23-16(2)7-6-8-17(23)3;1-3-4-2;1-2/h4-14H,1-3H3;3-4H2,1-2H3;1-2H3. The summed E-state index contributed by atoms with van der Waals surface area (Å²) in [6.07, 6.45) is 4.66. The maximum Gasteiger partial charge on any atom is 0.145 e. The molecule has 166 valence electrons. The molecule has 0 unspecified atom stereocenters. The second kappa shape index (κ2) is 10.5. The molecular formula is C30H36N2. The van der Waals surface area contributed by atoms with Crippen molar-refractivity contribution in [1.29, 1.82) is 0 Å². The van der Waals surface area contributed by atoms with Gasteiger partial charge in [-0.05, 0) is 49.4 Å². The highest BCUT2D eigenvalue weighted by atomic mass is 15.0. The van der Waals surface area contributed by atoms with Gasteiger partial charge in [0.2, 0.25) is 0 Å². The third-order valence-electron chi connectivity index (χ3n) is 5.85. The Balaban J connectivity index is 0.000000437. The molecule has 0 atom stereocenters. The maximum absolute atomic E-state index is 4.84. The summed E-state index contributed by atoms with van der Waals surface area (Å²) in [6.45, 7) is 14.9. The molecule has 2 heteroatoms. The van der Waals surface area contributed by atoms with Gasteiger partial charge in [-0.2, -0.15) is 0 Å². The Morgan fingerprint density at radius 1 is 0.719 bits per heavy atom. The Hall–Kier alpha value is -3.13. The molecule has 0 saturated heterocycles. The van der Waals surface area contributed by atoms with Crippen LogP contribution in [0.4, 0.5) is 0 Å². The quantitative estimate of drug-likeness (QED) is 0.258. The topological polar surface area (TPSA) is 17.3 Å². The minimum Gasteiger partial charge on any atom is -0.292 e. The van der Waals surface area contributed by atoms with Gasteiger partial charge in [-0.15, -0.1) is 0 Å². The van der Waals surface area contributed by atoms with Crippen LogP contribution >= 0.6 is 0 Å². The van der Waals surface area contributed by atoms with E-state index in [-0.39, 0.29) is 0 Å². The molecule has 0 radical (unpaired) electrons. The van der Waals surface area contributed by atoms with E-state index in [1.807, 2.05) is 20.0 Å². The normalized spacial score (nSPS) is 10.6. The fraction of sp³-hybridized carbons (Fsp3) is 0.300. The second-order valence-electron chi connectivity index (χ2n) is 8.14. The first-order valence-electron chi connectivity index (χ1n) is 11.9.